The summed E-state index contributed by atoms with van der Waals surface area (Å²) in [5.74, 6) is 1.41. The lowest BCUT2D eigenvalue weighted by atomic mass is 10.00. The predicted octanol–water partition coefficient (Wildman–Crippen LogP) is 4.48. The largest absolute Gasteiger partial charge is 0.493 e. The molecule has 0 saturated heterocycles. The molecule has 0 aliphatic carbocycles. The molecule has 3 aromatic rings. The number of hydrogen-bond donors (Lipinski definition) is 2. The number of benzene rings is 3. The molecule has 0 spiro atoms. The first-order valence-corrected chi connectivity index (χ1v) is 11.3. The third-order valence-electron chi connectivity index (χ3n) is 5.80. The standard InChI is InChI=1S/C27H29N3O5/c1-30-12-11-19-7-9-23(15-20(19)17-30)35-27(32)29-21-6-4-5-18(13-21)14-26(31)28-22-8-10-24(33-2)25(16-22)34-3/h4-10,13,15-16H,11-12,14,17H2,1-3H3,(H,28,31)(H,29,32). The molecular weight excluding hydrogens is 446 g/mol. The van der Waals surface area contributed by atoms with Gasteiger partial charge in [0.1, 0.15) is 5.75 Å². The molecule has 0 fully saturated rings. The molecule has 0 unspecified atom stereocenters. The Bertz CT molecular complexity index is 1230. The first-order chi connectivity index (χ1) is 16.9. The van der Waals surface area contributed by atoms with E-state index in [0.717, 1.165) is 25.1 Å². The van der Waals surface area contributed by atoms with Crippen LogP contribution < -0.4 is 24.8 Å². The van der Waals surface area contributed by atoms with Crippen LogP contribution in [0, 0.1) is 0 Å². The second kappa shape index (κ2) is 10.9. The van der Waals surface area contributed by atoms with Crippen molar-refractivity contribution >= 4 is 23.4 Å². The molecule has 1 aliphatic rings. The number of anilines is 2. The van der Waals surface area contributed by atoms with Gasteiger partial charge in [-0.2, -0.15) is 0 Å². The van der Waals surface area contributed by atoms with E-state index in [9.17, 15) is 9.59 Å². The van der Waals surface area contributed by atoms with E-state index < -0.39 is 6.09 Å². The Kier molecular flexibility index (Phi) is 7.52. The number of rotatable bonds is 7. The Morgan fingerprint density at radius 3 is 2.49 bits per heavy atom. The van der Waals surface area contributed by atoms with Gasteiger partial charge in [-0.15, -0.1) is 0 Å². The molecule has 1 heterocycles. The van der Waals surface area contributed by atoms with E-state index in [1.807, 2.05) is 24.3 Å². The number of ether oxygens (including phenoxy) is 3. The Balaban J connectivity index is 1.34. The van der Waals surface area contributed by atoms with Crippen LogP contribution in [0.15, 0.2) is 60.7 Å². The number of nitrogens with one attached hydrogen (secondary N) is 2. The summed E-state index contributed by atoms with van der Waals surface area (Å²) in [6.07, 6.45) is 0.545. The zero-order chi connectivity index (χ0) is 24.8. The highest BCUT2D eigenvalue weighted by Crippen LogP contribution is 2.30. The summed E-state index contributed by atoms with van der Waals surface area (Å²) in [4.78, 5) is 27.2. The van der Waals surface area contributed by atoms with E-state index in [2.05, 4.69) is 22.6 Å². The lowest BCUT2D eigenvalue weighted by molar-refractivity contribution is -0.115. The summed E-state index contributed by atoms with van der Waals surface area (Å²) >= 11 is 0. The highest BCUT2D eigenvalue weighted by molar-refractivity contribution is 5.93. The van der Waals surface area contributed by atoms with E-state index in [4.69, 9.17) is 14.2 Å². The summed E-state index contributed by atoms with van der Waals surface area (Å²) < 4.78 is 16.0. The molecule has 8 nitrogen and oxygen atoms in total. The van der Waals surface area contributed by atoms with Crippen molar-refractivity contribution in [3.63, 3.8) is 0 Å². The minimum absolute atomic E-state index is 0.136. The molecule has 8 heteroatoms. The van der Waals surface area contributed by atoms with Crippen LogP contribution in [0.4, 0.5) is 16.2 Å². The Morgan fingerprint density at radius 1 is 0.886 bits per heavy atom. The number of nitrogens with zero attached hydrogens (tertiary/aromatic N) is 1. The van der Waals surface area contributed by atoms with Crippen molar-refractivity contribution in [2.45, 2.75) is 19.4 Å². The number of likely N-dealkylation sites (N-methyl/N-ethyl adjacent to an activating group) is 1. The topological polar surface area (TPSA) is 89.1 Å². The zero-order valence-electron chi connectivity index (χ0n) is 20.1. The second-order valence-corrected chi connectivity index (χ2v) is 8.43. The van der Waals surface area contributed by atoms with Crippen LogP contribution in [0.2, 0.25) is 0 Å². The first kappa shape index (κ1) is 24.1. The van der Waals surface area contributed by atoms with Crippen LogP contribution in [0.1, 0.15) is 16.7 Å². The average Bonchev–Trinajstić information content (AvgIpc) is 2.83. The van der Waals surface area contributed by atoms with Crippen molar-refractivity contribution in [2.75, 3.05) is 38.4 Å². The molecule has 0 radical (unpaired) electrons. The quantitative estimate of drug-likeness (QED) is 0.524. The van der Waals surface area contributed by atoms with E-state index in [1.165, 1.54) is 18.2 Å². The van der Waals surface area contributed by atoms with Crippen LogP contribution in [0.5, 0.6) is 17.2 Å². The van der Waals surface area contributed by atoms with Crippen LogP contribution in [0.3, 0.4) is 0 Å². The second-order valence-electron chi connectivity index (χ2n) is 8.43. The van der Waals surface area contributed by atoms with Gasteiger partial charge in [0.25, 0.3) is 0 Å². The third kappa shape index (κ3) is 6.30. The molecule has 182 valence electrons. The lowest BCUT2D eigenvalue weighted by Crippen LogP contribution is -2.26. The molecule has 3 aromatic carbocycles. The normalized spacial score (nSPS) is 12.9. The van der Waals surface area contributed by atoms with Crippen molar-refractivity contribution in [3.05, 3.63) is 77.4 Å². The zero-order valence-corrected chi connectivity index (χ0v) is 20.1. The van der Waals surface area contributed by atoms with Gasteiger partial charge in [-0.25, -0.2) is 4.79 Å². The molecule has 2 amide bonds. The summed E-state index contributed by atoms with van der Waals surface area (Å²) in [6.45, 7) is 1.86. The van der Waals surface area contributed by atoms with Crippen molar-refractivity contribution < 1.29 is 23.8 Å². The van der Waals surface area contributed by atoms with Crippen LogP contribution in [-0.2, 0) is 24.2 Å². The Labute approximate surface area is 204 Å². The number of carbonyl (C=O) groups excluding carboxylic acids is 2. The van der Waals surface area contributed by atoms with Crippen molar-refractivity contribution in [1.29, 1.82) is 0 Å². The first-order valence-electron chi connectivity index (χ1n) is 11.3. The van der Waals surface area contributed by atoms with Crippen LogP contribution in [-0.4, -0.2) is 44.7 Å². The fourth-order valence-electron chi connectivity index (χ4n) is 4.05. The highest BCUT2D eigenvalue weighted by atomic mass is 16.6. The van der Waals surface area contributed by atoms with Gasteiger partial charge in [-0.3, -0.25) is 10.1 Å². The smallest absolute Gasteiger partial charge is 0.417 e. The Hall–Kier alpha value is -4.04. The van der Waals surface area contributed by atoms with E-state index >= 15 is 0 Å². The van der Waals surface area contributed by atoms with E-state index in [1.54, 1.807) is 43.5 Å². The fraction of sp³-hybridized carbons (Fsp3) is 0.259. The molecule has 2 N–H and O–H groups in total. The van der Waals surface area contributed by atoms with E-state index in [0.29, 0.717) is 28.6 Å². The molecule has 4 rings (SSSR count). The maximum absolute atomic E-state index is 12.6. The molecule has 0 atom stereocenters. The van der Waals surface area contributed by atoms with Gasteiger partial charge in [0.05, 0.1) is 20.6 Å². The van der Waals surface area contributed by atoms with Gasteiger partial charge in [0.15, 0.2) is 11.5 Å². The van der Waals surface area contributed by atoms with E-state index in [-0.39, 0.29) is 12.3 Å². The van der Waals surface area contributed by atoms with Crippen molar-refractivity contribution in [3.8, 4) is 17.2 Å². The predicted molar refractivity (Wildman–Crippen MR) is 134 cm³/mol. The molecular formula is C27H29N3O5. The van der Waals surface area contributed by atoms with Crippen LogP contribution in [0.25, 0.3) is 0 Å². The third-order valence-corrected chi connectivity index (χ3v) is 5.80. The van der Waals surface area contributed by atoms with Gasteiger partial charge in [0, 0.05) is 30.5 Å². The van der Waals surface area contributed by atoms with Crippen LogP contribution >= 0.6 is 0 Å². The number of carbonyl (C=O) groups is 2. The average molecular weight is 476 g/mol. The SMILES string of the molecule is COc1ccc(NC(=O)Cc2cccc(NC(=O)Oc3ccc4c(c3)CN(C)CC4)c2)cc1OC. The van der Waals surface area contributed by atoms with Gasteiger partial charge >= 0.3 is 6.09 Å². The number of fused-ring (bicyclic) bond motifs is 1. The summed E-state index contributed by atoms with van der Waals surface area (Å²) in [5, 5.41) is 5.58. The van der Waals surface area contributed by atoms with Gasteiger partial charge < -0.3 is 24.4 Å². The summed E-state index contributed by atoms with van der Waals surface area (Å²) in [6, 6.07) is 18.0. The van der Waals surface area contributed by atoms with Gasteiger partial charge in [-0.1, -0.05) is 18.2 Å². The fourth-order valence-corrected chi connectivity index (χ4v) is 4.05. The minimum atomic E-state index is -0.582. The number of amides is 2. The maximum Gasteiger partial charge on any atom is 0.417 e. The molecule has 1 aliphatic heterocycles. The summed E-state index contributed by atoms with van der Waals surface area (Å²) in [7, 11) is 5.17. The highest BCUT2D eigenvalue weighted by Gasteiger charge is 2.15. The monoisotopic (exact) mass is 475 g/mol. The van der Waals surface area contributed by atoms with Gasteiger partial charge in [0.2, 0.25) is 5.91 Å². The minimum Gasteiger partial charge on any atom is -0.493 e. The number of methoxy groups -OCH3 is 2. The maximum atomic E-state index is 12.6. The van der Waals surface area contributed by atoms with Crippen molar-refractivity contribution in [2.24, 2.45) is 0 Å². The molecule has 0 bridgehead atoms. The number of hydrogen-bond acceptors (Lipinski definition) is 6. The lowest BCUT2D eigenvalue weighted by Gasteiger charge is -2.25. The molecule has 0 aromatic heterocycles. The molecule has 35 heavy (non-hydrogen) atoms. The van der Waals surface area contributed by atoms with Crippen molar-refractivity contribution in [1.82, 2.24) is 4.90 Å². The Morgan fingerprint density at radius 2 is 1.69 bits per heavy atom. The van der Waals surface area contributed by atoms with Gasteiger partial charge in [-0.05, 0) is 66.6 Å². The molecule has 0 saturated carbocycles. The summed E-state index contributed by atoms with van der Waals surface area (Å²) in [5.41, 5.74) is 4.35.